The van der Waals surface area contributed by atoms with Crippen LogP contribution in [0.5, 0.6) is 0 Å². The van der Waals surface area contributed by atoms with E-state index in [1.165, 1.54) is 0 Å². The van der Waals surface area contributed by atoms with E-state index in [1.54, 1.807) is 6.20 Å². The number of imidazole rings is 1. The number of carbonyl (C=O) groups excluding carboxylic acids is 1. The van der Waals surface area contributed by atoms with Crippen LogP contribution in [-0.2, 0) is 17.8 Å². The van der Waals surface area contributed by atoms with Gasteiger partial charge < -0.3 is 9.88 Å². The molecule has 0 aromatic carbocycles. The first-order chi connectivity index (χ1) is 7.27. The van der Waals surface area contributed by atoms with Crippen LogP contribution >= 0.6 is 0 Å². The van der Waals surface area contributed by atoms with E-state index in [1.807, 2.05) is 17.7 Å². The second kappa shape index (κ2) is 6.35. The fourth-order valence-corrected chi connectivity index (χ4v) is 1.45. The van der Waals surface area contributed by atoms with Gasteiger partial charge in [0.25, 0.3) is 0 Å². The molecule has 0 atom stereocenters. The zero-order valence-corrected chi connectivity index (χ0v) is 9.49. The summed E-state index contributed by atoms with van der Waals surface area (Å²) in [4.78, 5) is 15.7. The summed E-state index contributed by atoms with van der Waals surface area (Å²) in [6, 6.07) is 0. The third-order valence-corrected chi connectivity index (χ3v) is 2.19. The predicted octanol–water partition coefficient (Wildman–Crippen LogP) is 1.01. The third kappa shape index (κ3) is 3.83. The number of Topliss-reactive ketones (excluding diaryl/α,β-unsaturated/α-hetero) is 1. The molecule has 1 aromatic rings. The number of aromatic nitrogens is 2. The number of hydrogen-bond acceptors (Lipinski definition) is 3. The number of hydrogen-bond donors (Lipinski definition) is 1. The molecule has 0 spiro atoms. The SMILES string of the molecule is CCCn1ccnc1CC(=O)CNCC. The van der Waals surface area contributed by atoms with Crippen molar-refractivity contribution in [3.05, 3.63) is 18.2 Å². The maximum atomic E-state index is 11.5. The van der Waals surface area contributed by atoms with Gasteiger partial charge in [0.2, 0.25) is 0 Å². The second-order valence-electron chi connectivity index (χ2n) is 3.53. The van der Waals surface area contributed by atoms with Gasteiger partial charge in [-0.25, -0.2) is 4.98 Å². The molecule has 0 aliphatic rings. The minimum atomic E-state index is 0.195. The monoisotopic (exact) mass is 209 g/mol. The lowest BCUT2D eigenvalue weighted by atomic mass is 10.2. The van der Waals surface area contributed by atoms with Gasteiger partial charge in [0, 0.05) is 18.9 Å². The smallest absolute Gasteiger partial charge is 0.154 e. The molecule has 0 radical (unpaired) electrons. The van der Waals surface area contributed by atoms with Gasteiger partial charge in [0.1, 0.15) is 5.82 Å². The minimum absolute atomic E-state index is 0.195. The van der Waals surface area contributed by atoms with E-state index >= 15 is 0 Å². The second-order valence-corrected chi connectivity index (χ2v) is 3.53. The summed E-state index contributed by atoms with van der Waals surface area (Å²) in [6.45, 7) is 6.31. The Kier molecular flexibility index (Phi) is 5.04. The van der Waals surface area contributed by atoms with E-state index in [2.05, 4.69) is 17.2 Å². The van der Waals surface area contributed by atoms with E-state index in [4.69, 9.17) is 0 Å². The maximum Gasteiger partial charge on any atom is 0.154 e. The molecule has 0 fully saturated rings. The molecule has 1 rings (SSSR count). The first-order valence-corrected chi connectivity index (χ1v) is 5.50. The predicted molar refractivity (Wildman–Crippen MR) is 59.8 cm³/mol. The lowest BCUT2D eigenvalue weighted by molar-refractivity contribution is -0.117. The lowest BCUT2D eigenvalue weighted by Crippen LogP contribution is -2.24. The minimum Gasteiger partial charge on any atom is -0.335 e. The van der Waals surface area contributed by atoms with Gasteiger partial charge >= 0.3 is 0 Å². The summed E-state index contributed by atoms with van der Waals surface area (Å²) in [5.74, 6) is 1.07. The van der Waals surface area contributed by atoms with Crippen molar-refractivity contribution in [1.82, 2.24) is 14.9 Å². The van der Waals surface area contributed by atoms with Crippen LogP contribution in [0.2, 0.25) is 0 Å². The van der Waals surface area contributed by atoms with Crippen molar-refractivity contribution >= 4 is 5.78 Å². The molecule has 4 nitrogen and oxygen atoms in total. The van der Waals surface area contributed by atoms with E-state index in [0.717, 1.165) is 25.3 Å². The number of ketones is 1. The van der Waals surface area contributed by atoms with Crippen molar-refractivity contribution < 1.29 is 4.79 Å². The molecule has 1 heterocycles. The Morgan fingerprint density at radius 1 is 1.53 bits per heavy atom. The van der Waals surface area contributed by atoms with Gasteiger partial charge in [0.15, 0.2) is 5.78 Å². The quantitative estimate of drug-likeness (QED) is 0.729. The molecule has 1 N–H and O–H groups in total. The van der Waals surface area contributed by atoms with E-state index < -0.39 is 0 Å². The lowest BCUT2D eigenvalue weighted by Gasteiger charge is -2.05. The zero-order chi connectivity index (χ0) is 11.1. The summed E-state index contributed by atoms with van der Waals surface area (Å²) in [6.07, 6.45) is 5.18. The van der Waals surface area contributed by atoms with Gasteiger partial charge in [-0.1, -0.05) is 13.8 Å². The van der Waals surface area contributed by atoms with Gasteiger partial charge in [-0.3, -0.25) is 4.79 Å². The fourth-order valence-electron chi connectivity index (χ4n) is 1.45. The normalized spacial score (nSPS) is 10.5. The summed E-state index contributed by atoms with van der Waals surface area (Å²) in [5.41, 5.74) is 0. The van der Waals surface area contributed by atoms with Gasteiger partial charge in [-0.2, -0.15) is 0 Å². The molecule has 84 valence electrons. The Morgan fingerprint density at radius 2 is 2.33 bits per heavy atom. The number of likely N-dealkylation sites (N-methyl/N-ethyl adjacent to an activating group) is 1. The van der Waals surface area contributed by atoms with Crippen molar-refractivity contribution in [1.29, 1.82) is 0 Å². The van der Waals surface area contributed by atoms with Crippen LogP contribution in [0.25, 0.3) is 0 Å². The molecule has 4 heteroatoms. The molecule has 0 saturated carbocycles. The molecule has 1 aromatic heterocycles. The molecule has 0 bridgehead atoms. The van der Waals surface area contributed by atoms with Crippen molar-refractivity contribution in [2.45, 2.75) is 33.2 Å². The van der Waals surface area contributed by atoms with Crippen molar-refractivity contribution in [2.24, 2.45) is 0 Å². The Hall–Kier alpha value is -1.16. The summed E-state index contributed by atoms with van der Waals surface area (Å²) >= 11 is 0. The van der Waals surface area contributed by atoms with Crippen molar-refractivity contribution in [3.63, 3.8) is 0 Å². The summed E-state index contributed by atoms with van der Waals surface area (Å²) in [5, 5.41) is 3.03. The van der Waals surface area contributed by atoms with Crippen LogP contribution in [0.15, 0.2) is 12.4 Å². The highest BCUT2D eigenvalue weighted by Gasteiger charge is 2.07. The highest BCUT2D eigenvalue weighted by Crippen LogP contribution is 2.00. The molecule has 0 saturated heterocycles. The maximum absolute atomic E-state index is 11.5. The van der Waals surface area contributed by atoms with Gasteiger partial charge in [-0.15, -0.1) is 0 Å². The van der Waals surface area contributed by atoms with Crippen LogP contribution in [0.4, 0.5) is 0 Å². The van der Waals surface area contributed by atoms with E-state index in [-0.39, 0.29) is 5.78 Å². The number of aryl methyl sites for hydroxylation is 1. The average Bonchev–Trinajstić information content (AvgIpc) is 2.63. The largest absolute Gasteiger partial charge is 0.335 e. The first-order valence-electron chi connectivity index (χ1n) is 5.50. The molecular weight excluding hydrogens is 190 g/mol. The molecular formula is C11H19N3O. The van der Waals surface area contributed by atoms with Gasteiger partial charge in [0.05, 0.1) is 13.0 Å². The fraction of sp³-hybridized carbons (Fsp3) is 0.636. The van der Waals surface area contributed by atoms with Gasteiger partial charge in [-0.05, 0) is 13.0 Å². The Balaban J connectivity index is 2.48. The third-order valence-electron chi connectivity index (χ3n) is 2.19. The number of carbonyl (C=O) groups is 1. The highest BCUT2D eigenvalue weighted by atomic mass is 16.1. The van der Waals surface area contributed by atoms with E-state index in [0.29, 0.717) is 13.0 Å². The topological polar surface area (TPSA) is 46.9 Å². The van der Waals surface area contributed by atoms with E-state index in [9.17, 15) is 4.79 Å². The van der Waals surface area contributed by atoms with Crippen molar-refractivity contribution in [2.75, 3.05) is 13.1 Å². The number of nitrogens with one attached hydrogen (secondary N) is 1. The average molecular weight is 209 g/mol. The summed E-state index contributed by atoms with van der Waals surface area (Å²) < 4.78 is 2.05. The van der Waals surface area contributed by atoms with Crippen LogP contribution in [-0.4, -0.2) is 28.4 Å². The Labute approximate surface area is 90.7 Å². The highest BCUT2D eigenvalue weighted by molar-refractivity contribution is 5.82. The zero-order valence-electron chi connectivity index (χ0n) is 9.49. The molecule has 0 aliphatic heterocycles. The molecule has 0 unspecified atom stereocenters. The first kappa shape index (κ1) is 11.9. The molecule has 0 amide bonds. The Morgan fingerprint density at radius 3 is 3.00 bits per heavy atom. The number of nitrogens with zero attached hydrogens (tertiary/aromatic N) is 2. The standard InChI is InChI=1S/C11H19N3O/c1-3-6-14-7-5-13-11(14)8-10(15)9-12-4-2/h5,7,12H,3-4,6,8-9H2,1-2H3. The van der Waals surface area contributed by atoms with Crippen molar-refractivity contribution in [3.8, 4) is 0 Å². The van der Waals surface area contributed by atoms with Crippen LogP contribution < -0.4 is 5.32 Å². The Bertz CT molecular complexity index is 307. The molecule has 0 aliphatic carbocycles. The van der Waals surface area contributed by atoms with Crippen LogP contribution in [0.1, 0.15) is 26.1 Å². The number of rotatable bonds is 7. The summed E-state index contributed by atoms with van der Waals surface area (Å²) in [7, 11) is 0. The van der Waals surface area contributed by atoms with Crippen LogP contribution in [0, 0.1) is 0 Å². The van der Waals surface area contributed by atoms with Crippen LogP contribution in [0.3, 0.4) is 0 Å². The molecule has 15 heavy (non-hydrogen) atoms.